The molecule has 1 N–H and O–H groups in total. The second-order valence-corrected chi connectivity index (χ2v) is 3.64. The second-order valence-electron chi connectivity index (χ2n) is 3.64. The smallest absolute Gasteiger partial charge is 0.338 e. The minimum absolute atomic E-state index is 0.0781. The van der Waals surface area contributed by atoms with Gasteiger partial charge in [0.05, 0.1) is 5.69 Å². The molecule has 82 valence electrons. The van der Waals surface area contributed by atoms with Gasteiger partial charge < -0.3 is 4.52 Å². The van der Waals surface area contributed by atoms with E-state index in [-0.39, 0.29) is 11.3 Å². The van der Waals surface area contributed by atoms with E-state index >= 15 is 0 Å². The predicted octanol–water partition coefficient (Wildman–Crippen LogP) is 1.82. The van der Waals surface area contributed by atoms with Crippen molar-refractivity contribution in [3.63, 3.8) is 0 Å². The number of nitrogens with one attached hydrogen (secondary N) is 1. The molecule has 0 radical (unpaired) electrons. The summed E-state index contributed by atoms with van der Waals surface area (Å²) in [5.74, 6) is -0.300. The lowest BCUT2D eigenvalue weighted by molar-refractivity contribution is 0.103. The van der Waals surface area contributed by atoms with Crippen molar-refractivity contribution >= 4 is 5.78 Å². The number of aromatic nitrogens is 1. The highest BCUT2D eigenvalue weighted by molar-refractivity contribution is 6.10. The highest BCUT2D eigenvalue weighted by Crippen LogP contribution is 2.13. The monoisotopic (exact) mass is 217 g/mol. The second kappa shape index (κ2) is 3.81. The molecule has 0 saturated heterocycles. The number of hydrogen-bond acceptors (Lipinski definition) is 3. The van der Waals surface area contributed by atoms with Gasteiger partial charge in [0.2, 0.25) is 5.78 Å². The number of hydrogen-bond donors (Lipinski definition) is 1. The van der Waals surface area contributed by atoms with Crippen molar-refractivity contribution < 1.29 is 9.32 Å². The molecule has 2 aromatic rings. The van der Waals surface area contributed by atoms with E-state index in [0.29, 0.717) is 11.3 Å². The molecular weight excluding hydrogens is 206 g/mol. The number of aromatic amines is 1. The fourth-order valence-electron chi connectivity index (χ4n) is 1.60. The van der Waals surface area contributed by atoms with E-state index in [1.807, 2.05) is 19.1 Å². The standard InChI is InChI=1S/C12H11NO3/c1-7-5-3-4-6-9(7)11(14)10-8(2)13-16-12(10)15/h3-6,13H,1-2H3. The van der Waals surface area contributed by atoms with E-state index in [2.05, 4.69) is 9.68 Å². The first-order chi connectivity index (χ1) is 7.61. The van der Waals surface area contributed by atoms with Crippen LogP contribution in [0.5, 0.6) is 0 Å². The molecule has 0 amide bonds. The summed E-state index contributed by atoms with van der Waals surface area (Å²) in [6.07, 6.45) is 0. The third-order valence-corrected chi connectivity index (χ3v) is 2.49. The zero-order valence-electron chi connectivity index (χ0n) is 9.03. The van der Waals surface area contributed by atoms with Gasteiger partial charge in [-0.1, -0.05) is 24.3 Å². The largest absolute Gasteiger partial charge is 0.368 e. The van der Waals surface area contributed by atoms with Gasteiger partial charge in [-0.2, -0.15) is 0 Å². The molecule has 0 aliphatic rings. The summed E-state index contributed by atoms with van der Waals surface area (Å²) in [6, 6.07) is 7.14. The van der Waals surface area contributed by atoms with Crippen LogP contribution >= 0.6 is 0 Å². The van der Waals surface area contributed by atoms with Crippen LogP contribution in [-0.4, -0.2) is 10.9 Å². The van der Waals surface area contributed by atoms with E-state index in [0.717, 1.165) is 5.56 Å². The zero-order chi connectivity index (χ0) is 11.7. The maximum absolute atomic E-state index is 12.1. The Labute approximate surface area is 91.9 Å². The maximum Gasteiger partial charge on any atom is 0.368 e. The molecule has 0 aliphatic heterocycles. The lowest BCUT2D eigenvalue weighted by Crippen LogP contribution is -2.13. The minimum atomic E-state index is -0.620. The molecule has 0 saturated carbocycles. The molecule has 0 unspecified atom stereocenters. The van der Waals surface area contributed by atoms with Crippen molar-refractivity contribution in [3.8, 4) is 0 Å². The van der Waals surface area contributed by atoms with Gasteiger partial charge in [-0.05, 0) is 19.4 Å². The predicted molar refractivity (Wildman–Crippen MR) is 58.7 cm³/mol. The maximum atomic E-state index is 12.1. The lowest BCUT2D eigenvalue weighted by Gasteiger charge is -2.01. The van der Waals surface area contributed by atoms with Crippen LogP contribution in [0.25, 0.3) is 0 Å². The summed E-state index contributed by atoms with van der Waals surface area (Å²) in [5, 5.41) is 2.40. The van der Waals surface area contributed by atoms with Crippen LogP contribution in [0.4, 0.5) is 0 Å². The van der Waals surface area contributed by atoms with Gasteiger partial charge in [0.15, 0.2) is 0 Å². The third-order valence-electron chi connectivity index (χ3n) is 2.49. The summed E-state index contributed by atoms with van der Waals surface area (Å²) in [6.45, 7) is 3.47. The molecule has 4 nitrogen and oxygen atoms in total. The Morgan fingerprint density at radius 3 is 2.50 bits per heavy atom. The SMILES string of the molecule is Cc1ccccc1C(=O)c1c(C)[nH]oc1=O. The van der Waals surface area contributed by atoms with Crippen LogP contribution in [0.2, 0.25) is 0 Å². The summed E-state index contributed by atoms with van der Waals surface area (Å²) in [5.41, 5.74) is 1.28. The number of carbonyl (C=O) groups excluding carboxylic acids is 1. The Bertz CT molecular complexity index is 592. The summed E-state index contributed by atoms with van der Waals surface area (Å²) in [4.78, 5) is 23.4. The first kappa shape index (κ1) is 10.4. The molecule has 0 fully saturated rings. The number of H-pyrrole nitrogens is 1. The van der Waals surface area contributed by atoms with Crippen LogP contribution < -0.4 is 5.63 Å². The zero-order valence-corrected chi connectivity index (χ0v) is 9.03. The van der Waals surface area contributed by atoms with Gasteiger partial charge >= 0.3 is 5.63 Å². The quantitative estimate of drug-likeness (QED) is 0.780. The Balaban J connectivity index is 2.56. The molecule has 16 heavy (non-hydrogen) atoms. The van der Waals surface area contributed by atoms with Crippen LogP contribution in [0, 0.1) is 13.8 Å². The Hall–Kier alpha value is -2.10. The van der Waals surface area contributed by atoms with Crippen molar-refractivity contribution in [2.75, 3.05) is 0 Å². The lowest BCUT2D eigenvalue weighted by atomic mass is 10.00. The van der Waals surface area contributed by atoms with Crippen LogP contribution in [-0.2, 0) is 0 Å². The van der Waals surface area contributed by atoms with E-state index in [1.165, 1.54) is 0 Å². The van der Waals surface area contributed by atoms with E-state index in [1.54, 1.807) is 19.1 Å². The first-order valence-corrected chi connectivity index (χ1v) is 4.89. The average Bonchev–Trinajstić information content (AvgIpc) is 2.58. The fraction of sp³-hybridized carbons (Fsp3) is 0.167. The normalized spacial score (nSPS) is 10.4. The van der Waals surface area contributed by atoms with Crippen molar-refractivity contribution in [2.24, 2.45) is 0 Å². The van der Waals surface area contributed by atoms with Gasteiger partial charge in [-0.25, -0.2) is 9.95 Å². The molecule has 1 aromatic heterocycles. The first-order valence-electron chi connectivity index (χ1n) is 4.89. The molecular formula is C12H11NO3. The topological polar surface area (TPSA) is 63.1 Å². The molecule has 1 heterocycles. The fourth-order valence-corrected chi connectivity index (χ4v) is 1.60. The molecule has 2 rings (SSSR count). The number of benzene rings is 1. The van der Waals surface area contributed by atoms with Gasteiger partial charge in [-0.15, -0.1) is 0 Å². The number of ketones is 1. The minimum Gasteiger partial charge on any atom is -0.338 e. The van der Waals surface area contributed by atoms with Gasteiger partial charge in [0, 0.05) is 5.56 Å². The number of carbonyl (C=O) groups is 1. The summed E-state index contributed by atoms with van der Waals surface area (Å²) >= 11 is 0. The molecule has 4 heteroatoms. The van der Waals surface area contributed by atoms with Crippen molar-refractivity contribution in [1.82, 2.24) is 5.16 Å². The Morgan fingerprint density at radius 1 is 1.25 bits per heavy atom. The Morgan fingerprint density at radius 2 is 1.94 bits per heavy atom. The van der Waals surface area contributed by atoms with Crippen LogP contribution in [0.3, 0.4) is 0 Å². The van der Waals surface area contributed by atoms with E-state index in [9.17, 15) is 9.59 Å². The van der Waals surface area contributed by atoms with Crippen molar-refractivity contribution in [2.45, 2.75) is 13.8 Å². The van der Waals surface area contributed by atoms with E-state index in [4.69, 9.17) is 0 Å². The molecule has 0 spiro atoms. The average molecular weight is 217 g/mol. The Kier molecular flexibility index (Phi) is 2.48. The third kappa shape index (κ3) is 1.58. The van der Waals surface area contributed by atoms with Crippen LogP contribution in [0.1, 0.15) is 27.2 Å². The van der Waals surface area contributed by atoms with Crippen LogP contribution in [0.15, 0.2) is 33.6 Å². The summed E-state index contributed by atoms with van der Waals surface area (Å²) < 4.78 is 4.58. The number of aryl methyl sites for hydroxylation is 2. The molecule has 0 aliphatic carbocycles. The van der Waals surface area contributed by atoms with Gasteiger partial charge in [0.1, 0.15) is 5.56 Å². The molecule has 0 bridgehead atoms. The van der Waals surface area contributed by atoms with Gasteiger partial charge in [-0.3, -0.25) is 4.79 Å². The van der Waals surface area contributed by atoms with E-state index < -0.39 is 5.63 Å². The molecule has 0 atom stereocenters. The number of rotatable bonds is 2. The highest BCUT2D eigenvalue weighted by Gasteiger charge is 2.20. The van der Waals surface area contributed by atoms with Gasteiger partial charge in [0.25, 0.3) is 0 Å². The molecule has 1 aromatic carbocycles. The van der Waals surface area contributed by atoms with Crippen molar-refractivity contribution in [1.29, 1.82) is 0 Å². The van der Waals surface area contributed by atoms with Crippen molar-refractivity contribution in [3.05, 3.63) is 57.1 Å². The highest BCUT2D eigenvalue weighted by atomic mass is 16.5. The summed E-state index contributed by atoms with van der Waals surface area (Å²) in [7, 11) is 0.